The van der Waals surface area contributed by atoms with Crippen LogP contribution in [0.4, 0.5) is 0 Å². The molecule has 0 aliphatic carbocycles. The number of nitrogens with one attached hydrogen (secondary N) is 2. The SMILES string of the molecule is [2H]C(=O)C(COC1OC(C(=O)O)C(O)C(O)C1O)NC(=O)C(NC[3H])C(C)C. The average molecular weight is 381 g/mol. The zero-order chi connectivity index (χ0) is 21.6. The van der Waals surface area contributed by atoms with Gasteiger partial charge in [-0.1, -0.05) is 13.8 Å². The highest BCUT2D eigenvalue weighted by Gasteiger charge is 2.47. The number of hydrogen-bond acceptors (Lipinski definition) is 9. The summed E-state index contributed by atoms with van der Waals surface area (Å²) in [5, 5.41) is 43.1. The molecule has 11 heteroatoms. The second-order valence-corrected chi connectivity index (χ2v) is 6.17. The summed E-state index contributed by atoms with van der Waals surface area (Å²) in [5.41, 5.74) is 0. The maximum absolute atomic E-state index is 12.3. The minimum absolute atomic E-state index is 0.218. The van der Waals surface area contributed by atoms with Crippen LogP contribution in [0.1, 0.15) is 16.6 Å². The largest absolute Gasteiger partial charge is 0.479 e. The molecule has 150 valence electrons. The topological polar surface area (TPSA) is 175 Å². The number of aliphatic hydroxyl groups excluding tert-OH is 3. The highest BCUT2D eigenvalue weighted by molar-refractivity contribution is 5.84. The standard InChI is InChI=1S/C15H26N2O9/c1-6(2)8(16-3)13(22)17-7(4-18)5-25-15-11(21)9(19)10(20)12(26-15)14(23)24/h4,6-12,15-16,19-21H,5H2,1-3H3,(H,17,22)(H,23,24)/i3T,4D. The molecule has 26 heavy (non-hydrogen) atoms. The maximum Gasteiger partial charge on any atom is 0.335 e. The Bertz CT molecular complexity index is 566. The Hall–Kier alpha value is -1.63. The Morgan fingerprint density at radius 2 is 2.00 bits per heavy atom. The third-order valence-electron chi connectivity index (χ3n) is 3.87. The van der Waals surface area contributed by atoms with E-state index in [0.717, 1.165) is 0 Å². The van der Waals surface area contributed by atoms with E-state index in [1.165, 1.54) is 0 Å². The van der Waals surface area contributed by atoms with Crippen LogP contribution in [0.3, 0.4) is 0 Å². The fourth-order valence-corrected chi connectivity index (χ4v) is 2.38. The minimum atomic E-state index is -1.90. The van der Waals surface area contributed by atoms with Crippen LogP contribution in [-0.2, 0) is 23.9 Å². The van der Waals surface area contributed by atoms with Crippen LogP contribution in [0.15, 0.2) is 0 Å². The number of aldehydes is 1. The van der Waals surface area contributed by atoms with Crippen molar-refractivity contribution in [1.29, 1.82) is 0 Å². The van der Waals surface area contributed by atoms with E-state index in [4.69, 9.17) is 17.3 Å². The van der Waals surface area contributed by atoms with Crippen molar-refractivity contribution in [2.45, 2.75) is 56.6 Å². The molecule has 1 rings (SSSR count). The van der Waals surface area contributed by atoms with Gasteiger partial charge in [-0.05, 0) is 12.9 Å². The van der Waals surface area contributed by atoms with Gasteiger partial charge in [0, 0.05) is 1.37 Å². The van der Waals surface area contributed by atoms with E-state index in [1.807, 2.05) is 0 Å². The molecular formula is C15H26N2O9. The number of amides is 1. The summed E-state index contributed by atoms with van der Waals surface area (Å²) in [5.74, 6) is -2.47. The van der Waals surface area contributed by atoms with E-state index in [9.17, 15) is 29.7 Å². The van der Waals surface area contributed by atoms with Crippen LogP contribution in [0.2, 0.25) is 0 Å². The molecule has 1 saturated heterocycles. The lowest BCUT2D eigenvalue weighted by Crippen LogP contribution is -2.61. The highest BCUT2D eigenvalue weighted by atomic mass is 16.7. The first kappa shape index (κ1) is 19.1. The first-order valence-electron chi connectivity index (χ1n) is 9.09. The lowest BCUT2D eigenvalue weighted by Gasteiger charge is -2.38. The fourth-order valence-electron chi connectivity index (χ4n) is 2.38. The second-order valence-electron chi connectivity index (χ2n) is 6.17. The van der Waals surface area contributed by atoms with Crippen LogP contribution >= 0.6 is 0 Å². The highest BCUT2D eigenvalue weighted by Crippen LogP contribution is 2.22. The molecule has 1 fully saturated rings. The molecule has 1 amide bonds. The molecular weight excluding hydrogens is 352 g/mol. The van der Waals surface area contributed by atoms with Gasteiger partial charge in [-0.25, -0.2) is 4.79 Å². The third-order valence-corrected chi connectivity index (χ3v) is 3.87. The van der Waals surface area contributed by atoms with Gasteiger partial charge in [0.05, 0.1) is 12.6 Å². The van der Waals surface area contributed by atoms with Gasteiger partial charge in [-0.3, -0.25) is 4.79 Å². The van der Waals surface area contributed by atoms with Crippen molar-refractivity contribution in [2.24, 2.45) is 5.92 Å². The van der Waals surface area contributed by atoms with Gasteiger partial charge in [0.15, 0.2) is 12.4 Å². The first-order chi connectivity index (χ1) is 13.0. The Kier molecular flexibility index (Phi) is 7.29. The van der Waals surface area contributed by atoms with Crippen molar-refractivity contribution in [2.75, 3.05) is 13.6 Å². The lowest BCUT2D eigenvalue weighted by molar-refractivity contribution is -0.294. The van der Waals surface area contributed by atoms with Crippen LogP contribution < -0.4 is 10.6 Å². The van der Waals surface area contributed by atoms with Crippen LogP contribution in [0.25, 0.3) is 0 Å². The van der Waals surface area contributed by atoms with E-state index in [-0.39, 0.29) is 12.9 Å². The Morgan fingerprint density at radius 1 is 1.35 bits per heavy atom. The fraction of sp³-hybridized carbons (Fsp3) is 0.800. The summed E-state index contributed by atoms with van der Waals surface area (Å²) in [6, 6.07) is -2.27. The van der Waals surface area contributed by atoms with Crippen molar-refractivity contribution in [3.05, 3.63) is 0 Å². The third kappa shape index (κ3) is 5.43. The van der Waals surface area contributed by atoms with Crippen LogP contribution in [-0.4, -0.2) is 95.0 Å². The molecule has 0 aromatic carbocycles. The summed E-state index contributed by atoms with van der Waals surface area (Å²) in [6.45, 7) is 2.77. The van der Waals surface area contributed by atoms with Crippen molar-refractivity contribution in [3.8, 4) is 0 Å². The molecule has 0 radical (unpaired) electrons. The smallest absolute Gasteiger partial charge is 0.335 e. The van der Waals surface area contributed by atoms with E-state index in [0.29, 0.717) is 0 Å². The molecule has 0 saturated carbocycles. The van der Waals surface area contributed by atoms with Crippen molar-refractivity contribution in [1.82, 2.24) is 10.6 Å². The predicted molar refractivity (Wildman–Crippen MR) is 85.9 cm³/mol. The normalized spacial score (nSPS) is 32.3. The van der Waals surface area contributed by atoms with Gasteiger partial charge in [-0.15, -0.1) is 0 Å². The van der Waals surface area contributed by atoms with Crippen LogP contribution in [0.5, 0.6) is 0 Å². The number of carboxylic acid groups (broad SMARTS) is 1. The number of carbonyl (C=O) groups is 3. The van der Waals surface area contributed by atoms with Gasteiger partial charge in [0.1, 0.15) is 32.0 Å². The van der Waals surface area contributed by atoms with E-state index < -0.39 is 67.5 Å². The Labute approximate surface area is 153 Å². The van der Waals surface area contributed by atoms with Gasteiger partial charge in [-0.2, -0.15) is 0 Å². The van der Waals surface area contributed by atoms with Gasteiger partial charge in [0.2, 0.25) is 5.91 Å². The monoisotopic (exact) mass is 381 g/mol. The lowest BCUT2D eigenvalue weighted by atomic mass is 9.99. The Balaban J connectivity index is 2.78. The first-order valence-corrected chi connectivity index (χ1v) is 7.88. The van der Waals surface area contributed by atoms with Gasteiger partial charge >= 0.3 is 5.97 Å². The second kappa shape index (κ2) is 9.90. The van der Waals surface area contributed by atoms with Crippen molar-refractivity contribution in [3.63, 3.8) is 0 Å². The molecule has 1 heterocycles. The molecule has 1 aliphatic rings. The molecule has 1 aliphatic heterocycles. The summed E-state index contributed by atoms with van der Waals surface area (Å²) in [7, 11) is -0.245. The molecule has 0 bridgehead atoms. The zero-order valence-electron chi connectivity index (χ0n) is 16.4. The van der Waals surface area contributed by atoms with E-state index >= 15 is 0 Å². The molecule has 7 unspecified atom stereocenters. The van der Waals surface area contributed by atoms with E-state index in [2.05, 4.69) is 10.6 Å². The maximum atomic E-state index is 12.3. The van der Waals surface area contributed by atoms with Crippen molar-refractivity contribution >= 4 is 18.1 Å². The van der Waals surface area contributed by atoms with Gasteiger partial charge < -0.3 is 45.3 Å². The number of carbonyl (C=O) groups excluding carboxylic acids is 2. The molecule has 7 atom stereocenters. The molecule has 0 aromatic rings. The van der Waals surface area contributed by atoms with Crippen LogP contribution in [0, 0.1) is 5.92 Å². The zero-order valence-corrected chi connectivity index (χ0v) is 14.4. The molecule has 6 N–H and O–H groups in total. The number of aliphatic carboxylic acids is 1. The van der Waals surface area contributed by atoms with Gasteiger partial charge in [0.25, 0.3) is 0 Å². The quantitative estimate of drug-likeness (QED) is 0.223. The van der Waals surface area contributed by atoms with E-state index in [1.54, 1.807) is 13.8 Å². The molecule has 0 spiro atoms. The minimum Gasteiger partial charge on any atom is -0.479 e. The van der Waals surface area contributed by atoms with Crippen molar-refractivity contribution < 1.29 is 47.0 Å². The summed E-state index contributed by atoms with van der Waals surface area (Å²) in [6.07, 6.45) is -10.4. The molecule has 11 nitrogen and oxygen atoms in total. The average Bonchev–Trinajstić information content (AvgIpc) is 2.61. The number of carboxylic acids is 1. The summed E-state index contributed by atoms with van der Waals surface area (Å²) >= 11 is 0. The number of rotatable bonds is 9. The number of aliphatic hydroxyl groups is 3. The Morgan fingerprint density at radius 3 is 2.50 bits per heavy atom. The summed E-state index contributed by atoms with van der Waals surface area (Å²) < 4.78 is 24.4. The summed E-state index contributed by atoms with van der Waals surface area (Å²) in [4.78, 5) is 34.8. The number of likely N-dealkylation sites (N-methyl/N-ethyl adjacent to an activating group) is 1. The number of hydrogen-bond donors (Lipinski definition) is 6. The predicted octanol–water partition coefficient (Wildman–Crippen LogP) is -3.18. The number of ether oxygens (including phenoxy) is 2. The molecule has 0 aromatic heterocycles.